The molecule has 1 unspecified atom stereocenters. The number of ether oxygens (including phenoxy) is 1. The smallest absolute Gasteiger partial charge is 0.311 e. The number of hydrogen-bond acceptors (Lipinski definition) is 5. The number of nitro groups is 1. The number of carboxylic acid groups (broad SMARTS) is 1. The first-order chi connectivity index (χ1) is 9.85. The molecule has 0 saturated heterocycles. The minimum atomic E-state index is -0.948. The maximum absolute atomic E-state index is 12.0. The maximum atomic E-state index is 12.0. The van der Waals surface area contributed by atoms with Crippen molar-refractivity contribution >= 4 is 17.6 Å². The van der Waals surface area contributed by atoms with E-state index in [1.54, 1.807) is 6.92 Å². The van der Waals surface area contributed by atoms with Crippen molar-refractivity contribution in [3.63, 3.8) is 0 Å². The highest BCUT2D eigenvalue weighted by atomic mass is 16.6. The number of carboxylic acids is 1. The zero-order valence-corrected chi connectivity index (χ0v) is 11.7. The summed E-state index contributed by atoms with van der Waals surface area (Å²) >= 11 is 0. The van der Waals surface area contributed by atoms with Crippen LogP contribution in [0, 0.1) is 10.1 Å². The summed E-state index contributed by atoms with van der Waals surface area (Å²) in [6.45, 7) is 1.67. The fourth-order valence-electron chi connectivity index (χ4n) is 1.69. The predicted molar refractivity (Wildman–Crippen MR) is 73.4 cm³/mol. The Bertz CT molecular complexity index is 558. The monoisotopic (exact) mass is 296 g/mol. The van der Waals surface area contributed by atoms with Crippen LogP contribution < -0.4 is 10.1 Å². The Morgan fingerprint density at radius 1 is 1.48 bits per heavy atom. The largest absolute Gasteiger partial charge is 0.490 e. The number of benzene rings is 1. The van der Waals surface area contributed by atoms with E-state index in [4.69, 9.17) is 9.84 Å². The molecule has 114 valence electrons. The van der Waals surface area contributed by atoms with Crippen LogP contribution in [0.2, 0.25) is 0 Å². The summed E-state index contributed by atoms with van der Waals surface area (Å²) in [5.74, 6) is -1.38. The number of rotatable bonds is 7. The first-order valence-corrected chi connectivity index (χ1v) is 6.20. The van der Waals surface area contributed by atoms with Gasteiger partial charge in [0.15, 0.2) is 5.75 Å². The van der Waals surface area contributed by atoms with E-state index in [1.165, 1.54) is 19.2 Å². The molecule has 0 bridgehead atoms. The van der Waals surface area contributed by atoms with Crippen molar-refractivity contribution in [3.05, 3.63) is 33.9 Å². The Balaban J connectivity index is 2.81. The molecule has 8 heteroatoms. The third-order valence-corrected chi connectivity index (χ3v) is 2.81. The number of hydrogen-bond donors (Lipinski definition) is 2. The number of methoxy groups -OCH3 is 1. The molecule has 2 N–H and O–H groups in total. The predicted octanol–water partition coefficient (Wildman–Crippen LogP) is 1.59. The molecule has 8 nitrogen and oxygen atoms in total. The quantitative estimate of drug-likeness (QED) is 0.582. The molecule has 1 rings (SSSR count). The summed E-state index contributed by atoms with van der Waals surface area (Å²) in [5, 5.41) is 22.0. The van der Waals surface area contributed by atoms with Crippen molar-refractivity contribution in [2.45, 2.75) is 25.8 Å². The van der Waals surface area contributed by atoms with Crippen LogP contribution in [0.4, 0.5) is 5.69 Å². The van der Waals surface area contributed by atoms with Crippen LogP contribution in [-0.2, 0) is 4.79 Å². The number of aliphatic carboxylic acids is 1. The van der Waals surface area contributed by atoms with Gasteiger partial charge >= 0.3 is 11.7 Å². The molecule has 0 radical (unpaired) electrons. The Hall–Kier alpha value is -2.64. The average Bonchev–Trinajstić information content (AvgIpc) is 2.44. The number of nitrogens with one attached hydrogen (secondary N) is 1. The molecular formula is C13H16N2O6. The van der Waals surface area contributed by atoms with Gasteiger partial charge in [0.2, 0.25) is 0 Å². The molecule has 21 heavy (non-hydrogen) atoms. The normalized spacial score (nSPS) is 11.5. The van der Waals surface area contributed by atoms with Crippen molar-refractivity contribution in [1.29, 1.82) is 0 Å². The second-order valence-electron chi connectivity index (χ2n) is 4.45. The molecule has 1 aromatic rings. The van der Waals surface area contributed by atoms with Gasteiger partial charge in [-0.15, -0.1) is 0 Å². The zero-order valence-electron chi connectivity index (χ0n) is 11.7. The van der Waals surface area contributed by atoms with E-state index in [0.29, 0.717) is 0 Å². The van der Waals surface area contributed by atoms with Crippen LogP contribution in [0.3, 0.4) is 0 Å². The van der Waals surface area contributed by atoms with Gasteiger partial charge in [-0.3, -0.25) is 19.7 Å². The van der Waals surface area contributed by atoms with Crippen LogP contribution in [0.5, 0.6) is 5.75 Å². The first kappa shape index (κ1) is 16.4. The van der Waals surface area contributed by atoms with Crippen LogP contribution in [0.25, 0.3) is 0 Å². The lowest BCUT2D eigenvalue weighted by Crippen LogP contribution is -2.32. The third-order valence-electron chi connectivity index (χ3n) is 2.81. The second-order valence-corrected chi connectivity index (χ2v) is 4.45. The summed E-state index contributed by atoms with van der Waals surface area (Å²) < 4.78 is 4.85. The van der Waals surface area contributed by atoms with Gasteiger partial charge in [0.25, 0.3) is 5.91 Å². The third kappa shape index (κ3) is 4.75. The molecule has 0 aliphatic rings. The highest BCUT2D eigenvalue weighted by Crippen LogP contribution is 2.27. The van der Waals surface area contributed by atoms with Gasteiger partial charge in [0, 0.05) is 24.1 Å². The minimum Gasteiger partial charge on any atom is -0.490 e. The minimum absolute atomic E-state index is 0.0653. The fraction of sp³-hybridized carbons (Fsp3) is 0.385. The molecule has 0 spiro atoms. The Morgan fingerprint density at radius 2 is 2.14 bits per heavy atom. The zero-order chi connectivity index (χ0) is 16.0. The molecule has 1 amide bonds. The Labute approximate surface area is 120 Å². The number of carbonyl (C=O) groups is 2. The summed E-state index contributed by atoms with van der Waals surface area (Å²) in [5.41, 5.74) is -0.187. The van der Waals surface area contributed by atoms with Gasteiger partial charge in [0.1, 0.15) is 0 Å². The molecule has 0 saturated carbocycles. The molecule has 1 atom stereocenters. The Morgan fingerprint density at radius 3 is 2.67 bits per heavy atom. The lowest BCUT2D eigenvalue weighted by atomic mass is 10.1. The molecule has 0 aliphatic carbocycles. The molecule has 0 aromatic heterocycles. The van der Waals surface area contributed by atoms with E-state index in [-0.39, 0.29) is 35.9 Å². The molecule has 0 aliphatic heterocycles. The van der Waals surface area contributed by atoms with Crippen molar-refractivity contribution in [2.75, 3.05) is 7.11 Å². The lowest BCUT2D eigenvalue weighted by molar-refractivity contribution is -0.385. The Kier molecular flexibility index (Phi) is 5.65. The van der Waals surface area contributed by atoms with Gasteiger partial charge < -0.3 is 15.2 Å². The van der Waals surface area contributed by atoms with Gasteiger partial charge in [-0.05, 0) is 25.5 Å². The van der Waals surface area contributed by atoms with Crippen LogP contribution in [0.15, 0.2) is 18.2 Å². The molecule has 0 heterocycles. The van der Waals surface area contributed by atoms with E-state index in [0.717, 1.165) is 6.07 Å². The van der Waals surface area contributed by atoms with Crippen molar-refractivity contribution in [2.24, 2.45) is 0 Å². The molecule has 1 aromatic carbocycles. The summed E-state index contributed by atoms with van der Waals surface area (Å²) in [6.07, 6.45) is 0.212. The van der Waals surface area contributed by atoms with E-state index in [2.05, 4.69) is 5.32 Å². The van der Waals surface area contributed by atoms with Gasteiger partial charge in [0.05, 0.1) is 12.0 Å². The standard InChI is InChI=1S/C13H16N2O6/c1-8(3-6-12(16)17)14-13(18)9-4-5-11(21-2)10(7-9)15(19)20/h4-5,7-8H,3,6H2,1-2H3,(H,14,18)(H,16,17). The summed E-state index contributed by atoms with van der Waals surface area (Å²) in [6, 6.07) is 3.52. The average molecular weight is 296 g/mol. The van der Waals surface area contributed by atoms with Crippen LogP contribution in [-0.4, -0.2) is 35.1 Å². The number of nitro benzene ring substituents is 1. The first-order valence-electron chi connectivity index (χ1n) is 6.20. The van der Waals surface area contributed by atoms with E-state index in [9.17, 15) is 19.7 Å². The fourth-order valence-corrected chi connectivity index (χ4v) is 1.69. The van der Waals surface area contributed by atoms with Crippen molar-refractivity contribution in [3.8, 4) is 5.75 Å². The number of carbonyl (C=O) groups excluding carboxylic acids is 1. The highest BCUT2D eigenvalue weighted by molar-refractivity contribution is 5.95. The van der Waals surface area contributed by atoms with E-state index >= 15 is 0 Å². The number of amides is 1. The van der Waals surface area contributed by atoms with Crippen molar-refractivity contribution in [1.82, 2.24) is 5.32 Å². The molecule has 0 fully saturated rings. The lowest BCUT2D eigenvalue weighted by Gasteiger charge is -2.13. The van der Waals surface area contributed by atoms with Crippen LogP contribution in [0.1, 0.15) is 30.1 Å². The summed E-state index contributed by atoms with van der Waals surface area (Å²) in [7, 11) is 1.30. The molecular weight excluding hydrogens is 280 g/mol. The highest BCUT2D eigenvalue weighted by Gasteiger charge is 2.19. The number of nitrogens with zero attached hydrogens (tertiary/aromatic N) is 1. The van der Waals surface area contributed by atoms with Gasteiger partial charge in [-0.25, -0.2) is 0 Å². The van der Waals surface area contributed by atoms with Gasteiger partial charge in [-0.1, -0.05) is 0 Å². The van der Waals surface area contributed by atoms with E-state index in [1.807, 2.05) is 0 Å². The maximum Gasteiger partial charge on any atom is 0.311 e. The van der Waals surface area contributed by atoms with E-state index < -0.39 is 16.8 Å². The van der Waals surface area contributed by atoms with Crippen LogP contribution >= 0.6 is 0 Å². The van der Waals surface area contributed by atoms with Gasteiger partial charge in [-0.2, -0.15) is 0 Å². The van der Waals surface area contributed by atoms with Crippen molar-refractivity contribution < 1.29 is 24.4 Å². The summed E-state index contributed by atoms with van der Waals surface area (Å²) in [4.78, 5) is 32.6. The second kappa shape index (κ2) is 7.22. The SMILES string of the molecule is COc1ccc(C(=O)NC(C)CCC(=O)O)cc1[N+](=O)[O-]. The topological polar surface area (TPSA) is 119 Å².